The van der Waals surface area contributed by atoms with Crippen molar-refractivity contribution in [3.05, 3.63) is 59.7 Å². The van der Waals surface area contributed by atoms with Gasteiger partial charge in [0.25, 0.3) is 0 Å². The van der Waals surface area contributed by atoms with Crippen molar-refractivity contribution in [3.63, 3.8) is 0 Å². The highest BCUT2D eigenvalue weighted by atomic mass is 16.5. The van der Waals surface area contributed by atoms with E-state index in [1.165, 1.54) is 0 Å². The highest BCUT2D eigenvalue weighted by molar-refractivity contribution is 5.90. The third-order valence-corrected chi connectivity index (χ3v) is 7.39. The predicted molar refractivity (Wildman–Crippen MR) is 122 cm³/mol. The minimum absolute atomic E-state index is 0.0285. The van der Waals surface area contributed by atoms with Gasteiger partial charge in [-0.25, -0.2) is 9.59 Å². The number of amides is 2. The third-order valence-electron chi connectivity index (χ3n) is 7.39. The number of aliphatic carboxylic acids is 1. The normalized spacial score (nSPS) is 18.9. The average molecular weight is 449 g/mol. The smallest absolute Gasteiger partial charge is 0.407 e. The molecule has 2 aromatic carbocycles. The van der Waals surface area contributed by atoms with Crippen LogP contribution in [0, 0.1) is 11.8 Å². The van der Waals surface area contributed by atoms with Crippen molar-refractivity contribution in [2.75, 3.05) is 13.2 Å². The van der Waals surface area contributed by atoms with Crippen LogP contribution >= 0.6 is 0 Å². The zero-order valence-corrected chi connectivity index (χ0v) is 18.4. The molecule has 172 valence electrons. The number of benzene rings is 2. The molecule has 7 nitrogen and oxygen atoms in total. The maximum atomic E-state index is 12.8. The van der Waals surface area contributed by atoms with Crippen molar-refractivity contribution in [2.24, 2.45) is 11.8 Å². The summed E-state index contributed by atoms with van der Waals surface area (Å²) in [5, 5.41) is 14.8. The lowest BCUT2D eigenvalue weighted by molar-refractivity contribution is -0.144. The first-order valence-electron chi connectivity index (χ1n) is 11.6. The van der Waals surface area contributed by atoms with Gasteiger partial charge in [-0.15, -0.1) is 0 Å². The molecule has 33 heavy (non-hydrogen) atoms. The summed E-state index contributed by atoms with van der Waals surface area (Å²) in [7, 11) is 0. The van der Waals surface area contributed by atoms with Gasteiger partial charge in [0.1, 0.15) is 12.1 Å². The van der Waals surface area contributed by atoms with Gasteiger partial charge >= 0.3 is 12.1 Å². The van der Waals surface area contributed by atoms with Crippen LogP contribution < -0.4 is 10.6 Å². The molecule has 0 spiro atoms. The van der Waals surface area contributed by atoms with Crippen LogP contribution in [0.1, 0.15) is 49.1 Å². The van der Waals surface area contributed by atoms with Crippen LogP contribution in [-0.4, -0.2) is 41.8 Å². The summed E-state index contributed by atoms with van der Waals surface area (Å²) >= 11 is 0. The monoisotopic (exact) mass is 448 g/mol. The van der Waals surface area contributed by atoms with Crippen molar-refractivity contribution >= 4 is 18.0 Å². The highest BCUT2D eigenvalue weighted by Crippen LogP contribution is 2.44. The van der Waals surface area contributed by atoms with Gasteiger partial charge in [-0.2, -0.15) is 0 Å². The molecule has 1 unspecified atom stereocenters. The number of hydrogen-bond donors (Lipinski definition) is 3. The van der Waals surface area contributed by atoms with Crippen molar-refractivity contribution in [1.29, 1.82) is 0 Å². The molecule has 3 aliphatic carbocycles. The first-order valence-corrected chi connectivity index (χ1v) is 11.6. The fourth-order valence-electron chi connectivity index (χ4n) is 5.00. The molecule has 7 heteroatoms. The molecule has 0 aromatic heterocycles. The molecule has 2 fully saturated rings. The van der Waals surface area contributed by atoms with E-state index in [4.69, 9.17) is 4.74 Å². The van der Waals surface area contributed by atoms with Crippen molar-refractivity contribution < 1.29 is 24.2 Å². The number of ether oxygens (including phenoxy) is 1. The lowest BCUT2D eigenvalue weighted by atomic mass is 9.75. The van der Waals surface area contributed by atoms with Crippen LogP contribution in [0.5, 0.6) is 0 Å². The number of carboxylic acid groups (broad SMARTS) is 1. The zero-order valence-electron chi connectivity index (χ0n) is 18.4. The predicted octanol–water partition coefficient (Wildman–Crippen LogP) is 3.67. The van der Waals surface area contributed by atoms with Crippen molar-refractivity contribution in [1.82, 2.24) is 10.6 Å². The molecular formula is C26H28N2O5. The standard InChI is InChI=1S/C26H28N2O5/c29-23(28-26(12-13-26)24(30)31)21(16-6-5-7-16)14-27-25(32)33-15-22-19-10-3-1-8-17(19)18-9-2-4-11-20(18)22/h1-4,8-11,16,21-22H,5-7,12-15H2,(H,27,32)(H,28,29)(H,30,31). The van der Waals surface area contributed by atoms with Gasteiger partial charge in [-0.05, 0) is 53.9 Å². The minimum Gasteiger partial charge on any atom is -0.480 e. The largest absolute Gasteiger partial charge is 0.480 e. The molecule has 3 aliphatic rings. The summed E-state index contributed by atoms with van der Waals surface area (Å²) in [5.41, 5.74) is 3.49. The number of carbonyl (C=O) groups is 3. The lowest BCUT2D eigenvalue weighted by Gasteiger charge is -2.33. The van der Waals surface area contributed by atoms with Crippen LogP contribution in [0.25, 0.3) is 11.1 Å². The second-order valence-electron chi connectivity index (χ2n) is 9.38. The summed E-state index contributed by atoms with van der Waals surface area (Å²) in [6, 6.07) is 16.3. The summed E-state index contributed by atoms with van der Waals surface area (Å²) in [6.07, 6.45) is 3.20. The van der Waals surface area contributed by atoms with Crippen molar-refractivity contribution in [2.45, 2.75) is 43.6 Å². The Bertz CT molecular complexity index is 1040. The summed E-state index contributed by atoms with van der Waals surface area (Å²) in [4.78, 5) is 36.8. The fourth-order valence-corrected chi connectivity index (χ4v) is 5.00. The first kappa shape index (κ1) is 21.5. The second kappa shape index (κ2) is 8.54. The topological polar surface area (TPSA) is 105 Å². The molecule has 2 amide bonds. The number of carboxylic acids is 1. The Hall–Kier alpha value is -3.35. The fraction of sp³-hybridized carbons (Fsp3) is 0.423. The van der Waals surface area contributed by atoms with E-state index in [2.05, 4.69) is 34.9 Å². The first-order chi connectivity index (χ1) is 16.0. The average Bonchev–Trinajstić information content (AvgIpc) is 3.50. The number of fused-ring (bicyclic) bond motifs is 3. The highest BCUT2D eigenvalue weighted by Gasteiger charge is 2.52. The van der Waals surface area contributed by atoms with Crippen LogP contribution in [0.4, 0.5) is 4.79 Å². The van der Waals surface area contributed by atoms with E-state index >= 15 is 0 Å². The van der Waals surface area contributed by atoms with E-state index in [0.717, 1.165) is 41.5 Å². The van der Waals surface area contributed by atoms with E-state index < -0.39 is 23.5 Å². The van der Waals surface area contributed by atoms with Crippen LogP contribution in [-0.2, 0) is 14.3 Å². The summed E-state index contributed by atoms with van der Waals surface area (Å²) < 4.78 is 5.58. The molecular weight excluding hydrogens is 420 g/mol. The Morgan fingerprint density at radius 3 is 2.12 bits per heavy atom. The minimum atomic E-state index is -1.12. The molecule has 5 rings (SSSR count). The molecule has 0 saturated heterocycles. The van der Waals surface area contributed by atoms with E-state index in [-0.39, 0.29) is 30.9 Å². The third kappa shape index (κ3) is 4.08. The number of nitrogens with one attached hydrogen (secondary N) is 2. The molecule has 0 heterocycles. The number of alkyl carbamates (subject to hydrolysis) is 1. The maximum absolute atomic E-state index is 12.8. The number of rotatable bonds is 8. The summed E-state index contributed by atoms with van der Waals surface area (Å²) in [5.74, 6) is -1.61. The Kier molecular flexibility index (Phi) is 5.56. The molecule has 0 radical (unpaired) electrons. The van der Waals surface area contributed by atoms with Gasteiger partial charge in [-0.1, -0.05) is 55.0 Å². The summed E-state index contributed by atoms with van der Waals surface area (Å²) in [6.45, 7) is 0.352. The van der Waals surface area contributed by atoms with Gasteiger partial charge in [0.05, 0.1) is 5.92 Å². The number of carbonyl (C=O) groups excluding carboxylic acids is 2. The quantitative estimate of drug-likeness (QED) is 0.572. The Balaban J connectivity index is 1.19. The lowest BCUT2D eigenvalue weighted by Crippen LogP contribution is -2.50. The number of hydrogen-bond acceptors (Lipinski definition) is 4. The Labute approximate surface area is 192 Å². The molecule has 0 aliphatic heterocycles. The molecule has 3 N–H and O–H groups in total. The SMILES string of the molecule is O=C(NCC(C(=O)NC1(C(=O)O)CC1)C1CCC1)OCC1c2ccccc2-c2ccccc21. The van der Waals surface area contributed by atoms with E-state index in [9.17, 15) is 19.5 Å². The van der Waals surface area contributed by atoms with E-state index in [1.807, 2.05) is 24.3 Å². The molecule has 1 atom stereocenters. The van der Waals surface area contributed by atoms with Gasteiger partial charge in [0.15, 0.2) is 0 Å². The van der Waals surface area contributed by atoms with E-state index in [0.29, 0.717) is 12.8 Å². The van der Waals surface area contributed by atoms with Gasteiger partial charge < -0.3 is 20.5 Å². The molecule has 2 saturated carbocycles. The Morgan fingerprint density at radius 1 is 1.00 bits per heavy atom. The maximum Gasteiger partial charge on any atom is 0.407 e. The van der Waals surface area contributed by atoms with Crippen LogP contribution in [0.15, 0.2) is 48.5 Å². The molecule has 0 bridgehead atoms. The Morgan fingerprint density at radius 2 is 1.61 bits per heavy atom. The second-order valence-corrected chi connectivity index (χ2v) is 9.38. The molecule has 2 aromatic rings. The van der Waals surface area contributed by atoms with Crippen molar-refractivity contribution in [3.8, 4) is 11.1 Å². The van der Waals surface area contributed by atoms with Crippen LogP contribution in [0.2, 0.25) is 0 Å². The van der Waals surface area contributed by atoms with Gasteiger partial charge in [0, 0.05) is 12.5 Å². The van der Waals surface area contributed by atoms with Gasteiger partial charge in [-0.3, -0.25) is 4.79 Å². The van der Waals surface area contributed by atoms with Gasteiger partial charge in [0.2, 0.25) is 5.91 Å². The van der Waals surface area contributed by atoms with Crippen LogP contribution in [0.3, 0.4) is 0 Å². The zero-order chi connectivity index (χ0) is 23.0. The van der Waals surface area contributed by atoms with E-state index in [1.54, 1.807) is 0 Å².